The molecule has 0 bridgehead atoms. The molecule has 0 saturated heterocycles. The highest BCUT2D eigenvalue weighted by molar-refractivity contribution is 7.15. The van der Waals surface area contributed by atoms with E-state index in [4.69, 9.17) is 16.7 Å². The standard InChI is InChI=1S/C25H24N6OS/c26-12-16-4-6-18(7-5-16)20(13-27)15-29-14-17-2-1-3-19(10-17)24(32)31-25-30-22-9-8-21(28)11-23(22)33-25/h1-7,10,13,15,21H,8-9,11,14,27-28H2,(H,30,31,32)/p+1/t21-/m0/s1. The highest BCUT2D eigenvalue weighted by atomic mass is 32.1. The number of thiazole rings is 1. The number of allylic oxidation sites excluding steroid dienone is 1. The minimum absolute atomic E-state index is 0.175. The number of aromatic nitrogens is 1. The van der Waals surface area contributed by atoms with Crippen molar-refractivity contribution < 1.29 is 9.79 Å². The number of fused-ring (bicyclic) bond motifs is 1. The number of amides is 1. The molecule has 1 heterocycles. The number of hydrogen-bond donors (Lipinski definition) is 4. The average Bonchev–Trinajstić information content (AvgIpc) is 3.23. The molecule has 1 aromatic heterocycles. The van der Waals surface area contributed by atoms with Crippen molar-refractivity contribution in [3.05, 3.63) is 87.6 Å². The average molecular weight is 458 g/mol. The number of nitrogens with zero attached hydrogens (tertiary/aromatic N) is 2. The van der Waals surface area contributed by atoms with Crippen LogP contribution < -0.4 is 21.8 Å². The molecule has 0 unspecified atom stereocenters. The lowest BCUT2D eigenvalue weighted by atomic mass is 9.99. The van der Waals surface area contributed by atoms with Crippen LogP contribution in [0.4, 0.5) is 5.13 Å². The lowest BCUT2D eigenvalue weighted by molar-refractivity contribution is -0.468. The molecule has 7 nitrogen and oxygen atoms in total. The molecule has 2 aromatic carbocycles. The van der Waals surface area contributed by atoms with E-state index in [0.29, 0.717) is 22.8 Å². The maximum Gasteiger partial charge on any atom is 0.257 e. The fourth-order valence-corrected chi connectivity index (χ4v) is 4.79. The van der Waals surface area contributed by atoms with Crippen LogP contribution in [0.5, 0.6) is 0 Å². The number of rotatable bonds is 6. The number of carbonyl (C=O) groups excluding carboxylic acids is 1. The van der Waals surface area contributed by atoms with Gasteiger partial charge >= 0.3 is 0 Å². The van der Waals surface area contributed by atoms with Crippen molar-refractivity contribution >= 4 is 34.2 Å². The van der Waals surface area contributed by atoms with Crippen LogP contribution in [0.25, 0.3) is 5.57 Å². The first-order valence-electron chi connectivity index (χ1n) is 10.7. The Morgan fingerprint density at radius 1 is 1.27 bits per heavy atom. The molecule has 1 aliphatic rings. The number of anilines is 1. The molecule has 0 aliphatic heterocycles. The third-order valence-electron chi connectivity index (χ3n) is 5.48. The zero-order chi connectivity index (χ0) is 23.2. The van der Waals surface area contributed by atoms with Gasteiger partial charge in [0.2, 0.25) is 0 Å². The van der Waals surface area contributed by atoms with Gasteiger partial charge < -0.3 is 11.5 Å². The van der Waals surface area contributed by atoms with Gasteiger partial charge in [-0.2, -0.15) is 5.26 Å². The summed E-state index contributed by atoms with van der Waals surface area (Å²) in [4.78, 5) is 21.7. The van der Waals surface area contributed by atoms with E-state index in [0.717, 1.165) is 41.7 Å². The zero-order valence-corrected chi connectivity index (χ0v) is 18.9. The van der Waals surface area contributed by atoms with Gasteiger partial charge in [0.1, 0.15) is 0 Å². The first kappa shape index (κ1) is 22.4. The van der Waals surface area contributed by atoms with Gasteiger partial charge in [-0.05, 0) is 49.1 Å². The zero-order valence-electron chi connectivity index (χ0n) is 18.0. The second-order valence-electron chi connectivity index (χ2n) is 7.88. The van der Waals surface area contributed by atoms with Gasteiger partial charge in [-0.1, -0.05) is 24.3 Å². The van der Waals surface area contributed by atoms with Gasteiger partial charge in [-0.25, -0.2) is 9.98 Å². The Bertz CT molecular complexity index is 1250. The van der Waals surface area contributed by atoms with Crippen LogP contribution in [0.2, 0.25) is 0 Å². The fraction of sp³-hybridized carbons (Fsp3) is 0.200. The Morgan fingerprint density at radius 2 is 2.09 bits per heavy atom. The third-order valence-corrected chi connectivity index (χ3v) is 6.51. The van der Waals surface area contributed by atoms with Gasteiger partial charge in [0.25, 0.3) is 5.91 Å². The van der Waals surface area contributed by atoms with E-state index >= 15 is 0 Å². The number of hydrogen-bond acceptors (Lipinski definition) is 6. The SMILES string of the molecule is N#Cc1ccc(C(C=[NH+]Cc2cccc(C(=O)Nc3nc4c(s3)C[C@@H](N)CC4)c2)=CN)cc1. The van der Waals surface area contributed by atoms with E-state index in [1.165, 1.54) is 22.4 Å². The van der Waals surface area contributed by atoms with E-state index in [2.05, 4.69) is 21.4 Å². The lowest BCUT2D eigenvalue weighted by Crippen LogP contribution is -2.67. The number of carbonyl (C=O) groups is 1. The van der Waals surface area contributed by atoms with Gasteiger partial charge in [0.15, 0.2) is 17.9 Å². The summed E-state index contributed by atoms with van der Waals surface area (Å²) < 4.78 is 0. The van der Waals surface area contributed by atoms with Crippen LogP contribution in [-0.2, 0) is 19.4 Å². The Hall–Kier alpha value is -3.80. The molecule has 0 spiro atoms. The summed E-state index contributed by atoms with van der Waals surface area (Å²) in [6, 6.07) is 16.9. The maximum atomic E-state index is 12.8. The van der Waals surface area contributed by atoms with E-state index < -0.39 is 0 Å². The van der Waals surface area contributed by atoms with Crippen molar-refractivity contribution in [2.45, 2.75) is 31.8 Å². The minimum atomic E-state index is -0.184. The molecule has 1 atom stereocenters. The van der Waals surface area contributed by atoms with Gasteiger partial charge in [-0.15, -0.1) is 11.3 Å². The van der Waals surface area contributed by atoms with Gasteiger partial charge in [0, 0.05) is 28.2 Å². The molecule has 1 aliphatic carbocycles. The third kappa shape index (κ3) is 5.52. The van der Waals surface area contributed by atoms with E-state index in [1.54, 1.807) is 18.2 Å². The summed E-state index contributed by atoms with van der Waals surface area (Å²) in [5.74, 6) is -0.184. The quantitative estimate of drug-likeness (QED) is 0.419. The summed E-state index contributed by atoms with van der Waals surface area (Å²) in [5.41, 5.74) is 16.7. The van der Waals surface area contributed by atoms with Crippen molar-refractivity contribution in [1.82, 2.24) is 4.98 Å². The Labute approximate surface area is 196 Å². The summed E-state index contributed by atoms with van der Waals surface area (Å²) >= 11 is 1.51. The topological polar surface area (TPSA) is 132 Å². The molecule has 4 rings (SSSR count). The second kappa shape index (κ2) is 10.2. The van der Waals surface area contributed by atoms with Gasteiger partial charge in [0.05, 0.1) is 22.9 Å². The molecule has 8 heteroatoms. The van der Waals surface area contributed by atoms with Crippen molar-refractivity contribution in [3.63, 3.8) is 0 Å². The van der Waals surface area contributed by atoms with Crippen molar-refractivity contribution in [2.24, 2.45) is 11.5 Å². The summed E-state index contributed by atoms with van der Waals surface area (Å²) in [6.45, 7) is 0.526. The molecular formula is C25H25N6OS+. The first-order chi connectivity index (χ1) is 16.1. The summed E-state index contributed by atoms with van der Waals surface area (Å²) in [7, 11) is 0. The fourth-order valence-electron chi connectivity index (χ4n) is 3.69. The Kier molecular flexibility index (Phi) is 6.93. The van der Waals surface area contributed by atoms with Crippen LogP contribution in [0.15, 0.2) is 54.7 Å². The maximum absolute atomic E-state index is 12.8. The number of nitrogens with one attached hydrogen (secondary N) is 2. The molecule has 166 valence electrons. The molecule has 0 radical (unpaired) electrons. The Balaban J connectivity index is 1.40. The minimum Gasteiger partial charge on any atom is -0.404 e. The second-order valence-corrected chi connectivity index (χ2v) is 8.97. The van der Waals surface area contributed by atoms with Crippen LogP contribution in [-0.4, -0.2) is 23.1 Å². The van der Waals surface area contributed by atoms with E-state index in [9.17, 15) is 4.79 Å². The number of nitriles is 1. The highest BCUT2D eigenvalue weighted by Gasteiger charge is 2.21. The van der Waals surface area contributed by atoms with Crippen LogP contribution in [0.3, 0.4) is 0 Å². The lowest BCUT2D eigenvalue weighted by Gasteiger charge is -2.15. The summed E-state index contributed by atoms with van der Waals surface area (Å²) in [5, 5.41) is 12.5. The number of aryl methyl sites for hydroxylation is 1. The van der Waals surface area contributed by atoms with Crippen molar-refractivity contribution in [3.8, 4) is 6.07 Å². The van der Waals surface area contributed by atoms with Crippen molar-refractivity contribution in [2.75, 3.05) is 5.32 Å². The highest BCUT2D eigenvalue weighted by Crippen LogP contribution is 2.29. The van der Waals surface area contributed by atoms with Crippen LogP contribution in [0, 0.1) is 11.3 Å². The van der Waals surface area contributed by atoms with Crippen LogP contribution in [0.1, 0.15) is 44.0 Å². The molecule has 6 N–H and O–H groups in total. The number of benzene rings is 2. The summed E-state index contributed by atoms with van der Waals surface area (Å²) in [6.07, 6.45) is 5.95. The van der Waals surface area contributed by atoms with Gasteiger partial charge in [-0.3, -0.25) is 10.1 Å². The van der Waals surface area contributed by atoms with E-state index in [1.807, 2.05) is 36.5 Å². The Morgan fingerprint density at radius 3 is 2.85 bits per heavy atom. The normalized spacial score (nSPS) is 15.8. The monoisotopic (exact) mass is 457 g/mol. The molecule has 1 amide bonds. The smallest absolute Gasteiger partial charge is 0.257 e. The predicted molar refractivity (Wildman–Crippen MR) is 131 cm³/mol. The first-order valence-corrected chi connectivity index (χ1v) is 11.5. The van der Waals surface area contributed by atoms with Crippen LogP contribution >= 0.6 is 11.3 Å². The molecule has 0 saturated carbocycles. The predicted octanol–water partition coefficient (Wildman–Crippen LogP) is 1.73. The van der Waals surface area contributed by atoms with Crippen molar-refractivity contribution in [1.29, 1.82) is 5.26 Å². The largest absolute Gasteiger partial charge is 0.404 e. The van der Waals surface area contributed by atoms with E-state index in [-0.39, 0.29) is 11.9 Å². The molecule has 3 aromatic rings. The number of nitrogens with two attached hydrogens (primary N) is 2. The molecule has 33 heavy (non-hydrogen) atoms. The molecular weight excluding hydrogens is 432 g/mol. The molecule has 0 fully saturated rings.